The first-order valence-corrected chi connectivity index (χ1v) is 7.31. The van der Waals surface area contributed by atoms with Gasteiger partial charge in [-0.15, -0.1) is 0 Å². The molecule has 1 aliphatic heterocycles. The zero-order valence-electron chi connectivity index (χ0n) is 12.2. The molecule has 21 heavy (non-hydrogen) atoms. The minimum absolute atomic E-state index is 0.00155. The maximum Gasteiger partial charge on any atom is 0.226 e. The predicted molar refractivity (Wildman–Crippen MR) is 77.9 cm³/mol. The Labute approximate surface area is 124 Å². The summed E-state index contributed by atoms with van der Waals surface area (Å²) in [6, 6.07) is 6.08. The van der Waals surface area contributed by atoms with Gasteiger partial charge in [-0.3, -0.25) is 10.2 Å². The van der Waals surface area contributed by atoms with Crippen LogP contribution in [0.1, 0.15) is 24.9 Å². The number of rotatable bonds is 7. The van der Waals surface area contributed by atoms with Crippen molar-refractivity contribution in [3.8, 4) is 0 Å². The molecule has 5 nitrogen and oxygen atoms in total. The molecule has 6 heteroatoms. The number of carbonyl (C=O) groups excluding carboxylic acids is 1. The standard InChI is InChI=1S/C15H22FN3O2/c1-2-21-9-3-8-17-15(20)13-10-18-19-14(13)11-4-6-12(16)7-5-11/h4-7,13-14,18-19H,2-3,8-10H2,1H3,(H,17,20). The van der Waals surface area contributed by atoms with Crippen LogP contribution in [0.3, 0.4) is 0 Å². The summed E-state index contributed by atoms with van der Waals surface area (Å²) in [5, 5.41) is 2.92. The van der Waals surface area contributed by atoms with Crippen LogP contribution in [-0.2, 0) is 9.53 Å². The van der Waals surface area contributed by atoms with Crippen LogP contribution in [-0.4, -0.2) is 32.2 Å². The van der Waals surface area contributed by atoms with Crippen molar-refractivity contribution in [1.82, 2.24) is 16.2 Å². The molecule has 0 radical (unpaired) electrons. The van der Waals surface area contributed by atoms with E-state index in [2.05, 4.69) is 16.2 Å². The number of hydrogen-bond acceptors (Lipinski definition) is 4. The molecule has 1 fully saturated rings. The van der Waals surface area contributed by atoms with E-state index in [1.54, 1.807) is 12.1 Å². The lowest BCUT2D eigenvalue weighted by molar-refractivity contribution is -0.124. The van der Waals surface area contributed by atoms with Gasteiger partial charge >= 0.3 is 0 Å². The Morgan fingerprint density at radius 1 is 1.43 bits per heavy atom. The summed E-state index contributed by atoms with van der Waals surface area (Å²) in [6.07, 6.45) is 0.800. The van der Waals surface area contributed by atoms with E-state index >= 15 is 0 Å². The smallest absolute Gasteiger partial charge is 0.226 e. The van der Waals surface area contributed by atoms with Crippen molar-refractivity contribution in [3.63, 3.8) is 0 Å². The van der Waals surface area contributed by atoms with Crippen molar-refractivity contribution in [2.75, 3.05) is 26.3 Å². The summed E-state index contributed by atoms with van der Waals surface area (Å²) in [5.74, 6) is -0.484. The van der Waals surface area contributed by atoms with Crippen LogP contribution in [0, 0.1) is 11.7 Å². The number of benzene rings is 1. The molecule has 3 N–H and O–H groups in total. The lowest BCUT2D eigenvalue weighted by Crippen LogP contribution is -2.35. The van der Waals surface area contributed by atoms with Gasteiger partial charge < -0.3 is 10.1 Å². The second-order valence-corrected chi connectivity index (χ2v) is 5.00. The van der Waals surface area contributed by atoms with Gasteiger partial charge in [-0.05, 0) is 31.0 Å². The summed E-state index contributed by atoms with van der Waals surface area (Å²) >= 11 is 0. The molecule has 0 spiro atoms. The molecule has 0 bridgehead atoms. The minimum atomic E-state index is -0.276. The third-order valence-corrected chi connectivity index (χ3v) is 3.52. The molecule has 1 amide bonds. The van der Waals surface area contributed by atoms with Crippen molar-refractivity contribution in [3.05, 3.63) is 35.6 Å². The molecule has 1 aromatic carbocycles. The van der Waals surface area contributed by atoms with Crippen LogP contribution in [0.15, 0.2) is 24.3 Å². The van der Waals surface area contributed by atoms with E-state index in [0.29, 0.717) is 26.3 Å². The molecule has 1 aromatic rings. The maximum absolute atomic E-state index is 13.0. The number of hydrazine groups is 1. The highest BCUT2D eigenvalue weighted by Crippen LogP contribution is 2.25. The average molecular weight is 295 g/mol. The van der Waals surface area contributed by atoms with Gasteiger partial charge in [0.05, 0.1) is 12.0 Å². The van der Waals surface area contributed by atoms with E-state index in [1.807, 2.05) is 6.92 Å². The first kappa shape index (κ1) is 15.9. The first-order valence-electron chi connectivity index (χ1n) is 7.31. The van der Waals surface area contributed by atoms with Gasteiger partial charge in [-0.25, -0.2) is 9.82 Å². The molecule has 116 valence electrons. The summed E-state index contributed by atoms with van der Waals surface area (Å²) in [4.78, 5) is 12.2. The Morgan fingerprint density at radius 3 is 2.90 bits per heavy atom. The molecule has 1 saturated heterocycles. The topological polar surface area (TPSA) is 62.4 Å². The first-order chi connectivity index (χ1) is 10.2. The summed E-state index contributed by atoms with van der Waals surface area (Å²) in [6.45, 7) is 4.45. The number of hydrogen-bond donors (Lipinski definition) is 3. The number of amides is 1. The molecular formula is C15H22FN3O2. The molecule has 2 unspecified atom stereocenters. The highest BCUT2D eigenvalue weighted by atomic mass is 19.1. The summed E-state index contributed by atoms with van der Waals surface area (Å²) in [7, 11) is 0. The Kier molecular flexibility index (Phi) is 6.10. The monoisotopic (exact) mass is 295 g/mol. The van der Waals surface area contributed by atoms with Gasteiger partial charge in [-0.1, -0.05) is 12.1 Å². The fourth-order valence-electron chi connectivity index (χ4n) is 2.39. The SMILES string of the molecule is CCOCCCNC(=O)C1CNNC1c1ccc(F)cc1. The number of halogens is 1. The van der Waals surface area contributed by atoms with Gasteiger partial charge in [0.2, 0.25) is 5.91 Å². The summed E-state index contributed by atoms with van der Waals surface area (Å²) in [5.41, 5.74) is 6.97. The molecule has 1 aliphatic rings. The Balaban J connectivity index is 1.86. The maximum atomic E-state index is 13.0. The fraction of sp³-hybridized carbons (Fsp3) is 0.533. The van der Waals surface area contributed by atoms with Gasteiger partial charge in [-0.2, -0.15) is 0 Å². The molecule has 2 rings (SSSR count). The number of ether oxygens (including phenoxy) is 1. The van der Waals surface area contributed by atoms with Crippen molar-refractivity contribution < 1.29 is 13.9 Å². The minimum Gasteiger partial charge on any atom is -0.382 e. The highest BCUT2D eigenvalue weighted by molar-refractivity contribution is 5.80. The second-order valence-electron chi connectivity index (χ2n) is 5.00. The Bertz CT molecular complexity index is 453. The predicted octanol–water partition coefficient (Wildman–Crippen LogP) is 1.13. The molecule has 0 aromatic heterocycles. The van der Waals surface area contributed by atoms with E-state index in [-0.39, 0.29) is 23.7 Å². The molecular weight excluding hydrogens is 273 g/mol. The van der Waals surface area contributed by atoms with Crippen molar-refractivity contribution >= 4 is 5.91 Å². The van der Waals surface area contributed by atoms with E-state index in [9.17, 15) is 9.18 Å². The quantitative estimate of drug-likeness (QED) is 0.660. The summed E-state index contributed by atoms with van der Waals surface area (Å²) < 4.78 is 18.2. The van der Waals surface area contributed by atoms with Gasteiger partial charge in [0.15, 0.2) is 0 Å². The van der Waals surface area contributed by atoms with Crippen LogP contribution in [0.4, 0.5) is 4.39 Å². The van der Waals surface area contributed by atoms with Crippen molar-refractivity contribution in [1.29, 1.82) is 0 Å². The Hall–Kier alpha value is -1.50. The number of nitrogens with one attached hydrogen (secondary N) is 3. The second kappa shape index (κ2) is 8.07. The zero-order chi connectivity index (χ0) is 15.1. The lowest BCUT2D eigenvalue weighted by atomic mass is 9.94. The largest absolute Gasteiger partial charge is 0.382 e. The van der Waals surface area contributed by atoms with Crippen LogP contribution in [0.5, 0.6) is 0 Å². The van der Waals surface area contributed by atoms with E-state index < -0.39 is 0 Å². The highest BCUT2D eigenvalue weighted by Gasteiger charge is 2.33. The van der Waals surface area contributed by atoms with Crippen molar-refractivity contribution in [2.45, 2.75) is 19.4 Å². The fourth-order valence-corrected chi connectivity index (χ4v) is 2.39. The third-order valence-electron chi connectivity index (χ3n) is 3.52. The number of carbonyl (C=O) groups is 1. The third kappa shape index (κ3) is 4.49. The van der Waals surface area contributed by atoms with Crippen LogP contribution in [0.2, 0.25) is 0 Å². The van der Waals surface area contributed by atoms with Gasteiger partial charge in [0, 0.05) is 26.3 Å². The molecule has 1 heterocycles. The van der Waals surface area contributed by atoms with Crippen LogP contribution in [0.25, 0.3) is 0 Å². The molecule has 0 saturated carbocycles. The van der Waals surface area contributed by atoms with Crippen molar-refractivity contribution in [2.24, 2.45) is 5.92 Å². The van der Waals surface area contributed by atoms with Crippen LogP contribution >= 0.6 is 0 Å². The molecule has 2 atom stereocenters. The van der Waals surface area contributed by atoms with Crippen LogP contribution < -0.4 is 16.2 Å². The normalized spacial score (nSPS) is 21.4. The zero-order valence-corrected chi connectivity index (χ0v) is 12.2. The van der Waals surface area contributed by atoms with Gasteiger partial charge in [0.25, 0.3) is 0 Å². The average Bonchev–Trinajstić information content (AvgIpc) is 2.97. The lowest BCUT2D eigenvalue weighted by Gasteiger charge is -2.18. The van der Waals surface area contributed by atoms with Gasteiger partial charge in [0.1, 0.15) is 5.82 Å². The van der Waals surface area contributed by atoms with E-state index in [4.69, 9.17) is 4.74 Å². The Morgan fingerprint density at radius 2 is 2.19 bits per heavy atom. The molecule has 0 aliphatic carbocycles. The van der Waals surface area contributed by atoms with E-state index in [0.717, 1.165) is 12.0 Å². The van der Waals surface area contributed by atoms with E-state index in [1.165, 1.54) is 12.1 Å².